The lowest BCUT2D eigenvalue weighted by Gasteiger charge is -2.09. The second-order valence-corrected chi connectivity index (χ2v) is 6.67. The summed E-state index contributed by atoms with van der Waals surface area (Å²) in [6.07, 6.45) is 1.59. The van der Waals surface area contributed by atoms with Crippen molar-refractivity contribution in [3.05, 3.63) is 83.3 Å². The quantitative estimate of drug-likeness (QED) is 0.485. The van der Waals surface area contributed by atoms with Gasteiger partial charge in [0.2, 0.25) is 0 Å². The van der Waals surface area contributed by atoms with E-state index in [1.807, 2.05) is 5.38 Å². The van der Waals surface area contributed by atoms with E-state index in [0.29, 0.717) is 35.8 Å². The van der Waals surface area contributed by atoms with Gasteiger partial charge < -0.3 is 20.7 Å². The Balaban J connectivity index is 1.56. The molecule has 3 rings (SSSR count). The molecule has 148 valence electrons. The van der Waals surface area contributed by atoms with Crippen molar-refractivity contribution in [3.8, 4) is 5.75 Å². The number of aromatic nitrogens is 1. The van der Waals surface area contributed by atoms with Crippen LogP contribution in [0.2, 0.25) is 0 Å². The number of thiazole rings is 1. The van der Waals surface area contributed by atoms with Crippen molar-refractivity contribution in [3.63, 3.8) is 0 Å². The number of benzene rings is 2. The fourth-order valence-electron chi connectivity index (χ4n) is 2.37. The molecule has 1 heterocycles. The molecule has 8 heteroatoms. The standard InChI is InChI=1S/C21H20N4O3S/c1-2-10-22-21(27)25-17-8-6-16(7-9-17)24-20(26)15-4-3-5-19(11-15)28-12-18-13-29-14-23-18/h2-9,11,13-14H,1,10,12H2,(H,24,26)(H2,22,25,27). The number of hydrogen-bond donors (Lipinski definition) is 3. The van der Waals surface area contributed by atoms with Crippen LogP contribution in [0.3, 0.4) is 0 Å². The summed E-state index contributed by atoms with van der Waals surface area (Å²) in [5, 5.41) is 10.0. The first-order valence-corrected chi connectivity index (χ1v) is 9.75. The van der Waals surface area contributed by atoms with E-state index in [-0.39, 0.29) is 11.9 Å². The van der Waals surface area contributed by atoms with Gasteiger partial charge in [-0.3, -0.25) is 4.79 Å². The molecule has 0 saturated heterocycles. The van der Waals surface area contributed by atoms with Gasteiger partial charge in [0.1, 0.15) is 12.4 Å². The Kier molecular flexibility index (Phi) is 6.96. The molecule has 0 aliphatic carbocycles. The first kappa shape index (κ1) is 20.1. The fourth-order valence-corrected chi connectivity index (χ4v) is 2.92. The number of hydrogen-bond acceptors (Lipinski definition) is 5. The SMILES string of the molecule is C=CCNC(=O)Nc1ccc(NC(=O)c2cccc(OCc3cscn3)c2)cc1. The predicted molar refractivity (Wildman–Crippen MR) is 115 cm³/mol. The fraction of sp³-hybridized carbons (Fsp3) is 0.0952. The highest BCUT2D eigenvalue weighted by molar-refractivity contribution is 7.07. The van der Waals surface area contributed by atoms with Gasteiger partial charge in [-0.2, -0.15) is 0 Å². The van der Waals surface area contributed by atoms with Crippen molar-refractivity contribution in [1.29, 1.82) is 0 Å². The zero-order chi connectivity index (χ0) is 20.5. The molecular weight excluding hydrogens is 388 g/mol. The molecule has 0 atom stereocenters. The van der Waals surface area contributed by atoms with E-state index in [0.717, 1.165) is 5.69 Å². The molecule has 3 aromatic rings. The maximum atomic E-state index is 12.5. The molecule has 2 aromatic carbocycles. The molecule has 3 N–H and O–H groups in total. The van der Waals surface area contributed by atoms with Crippen LogP contribution in [0.15, 0.2) is 72.1 Å². The second kappa shape index (κ2) is 10.0. The van der Waals surface area contributed by atoms with Crippen molar-refractivity contribution in [2.75, 3.05) is 17.2 Å². The molecule has 0 aliphatic rings. The maximum absolute atomic E-state index is 12.5. The third-order valence-corrected chi connectivity index (χ3v) is 4.41. The third-order valence-electron chi connectivity index (χ3n) is 3.77. The van der Waals surface area contributed by atoms with Gasteiger partial charge >= 0.3 is 6.03 Å². The number of carbonyl (C=O) groups excluding carboxylic acids is 2. The van der Waals surface area contributed by atoms with Gasteiger partial charge in [-0.15, -0.1) is 17.9 Å². The molecule has 0 aliphatic heterocycles. The van der Waals surface area contributed by atoms with E-state index in [1.54, 1.807) is 60.1 Å². The summed E-state index contributed by atoms with van der Waals surface area (Å²) < 4.78 is 5.68. The summed E-state index contributed by atoms with van der Waals surface area (Å²) in [4.78, 5) is 28.3. The Labute approximate surface area is 172 Å². The highest BCUT2D eigenvalue weighted by Crippen LogP contribution is 2.18. The van der Waals surface area contributed by atoms with Crippen LogP contribution in [0.4, 0.5) is 16.2 Å². The number of rotatable bonds is 8. The van der Waals surface area contributed by atoms with E-state index in [1.165, 1.54) is 11.3 Å². The third kappa shape index (κ3) is 6.18. The first-order valence-electron chi connectivity index (χ1n) is 8.81. The second-order valence-electron chi connectivity index (χ2n) is 5.95. The zero-order valence-corrected chi connectivity index (χ0v) is 16.4. The Morgan fingerprint density at radius 3 is 2.55 bits per heavy atom. The predicted octanol–water partition coefficient (Wildman–Crippen LogP) is 4.28. The Bertz CT molecular complexity index is 972. The number of nitrogens with one attached hydrogen (secondary N) is 3. The zero-order valence-electron chi connectivity index (χ0n) is 15.6. The lowest BCUT2D eigenvalue weighted by atomic mass is 10.2. The van der Waals surface area contributed by atoms with E-state index < -0.39 is 0 Å². The molecule has 0 spiro atoms. The minimum atomic E-state index is -0.323. The van der Waals surface area contributed by atoms with Crippen LogP contribution in [-0.2, 0) is 6.61 Å². The molecule has 0 fully saturated rings. The largest absolute Gasteiger partial charge is 0.487 e. The van der Waals surface area contributed by atoms with E-state index in [2.05, 4.69) is 27.5 Å². The molecule has 0 radical (unpaired) electrons. The van der Waals surface area contributed by atoms with Crippen molar-refractivity contribution in [2.24, 2.45) is 0 Å². The van der Waals surface area contributed by atoms with Gasteiger partial charge in [-0.05, 0) is 42.5 Å². The summed E-state index contributed by atoms with van der Waals surface area (Å²) in [6, 6.07) is 13.5. The van der Waals surface area contributed by atoms with Gasteiger partial charge in [-0.1, -0.05) is 12.1 Å². The van der Waals surface area contributed by atoms with Crippen LogP contribution in [-0.4, -0.2) is 23.5 Å². The monoisotopic (exact) mass is 408 g/mol. The highest BCUT2D eigenvalue weighted by atomic mass is 32.1. The molecule has 1 aromatic heterocycles. The number of amides is 3. The summed E-state index contributed by atoms with van der Waals surface area (Å²) in [6.45, 7) is 4.27. The van der Waals surface area contributed by atoms with Crippen molar-refractivity contribution in [2.45, 2.75) is 6.61 Å². The van der Waals surface area contributed by atoms with Crippen molar-refractivity contribution in [1.82, 2.24) is 10.3 Å². The smallest absolute Gasteiger partial charge is 0.319 e. The Morgan fingerprint density at radius 2 is 1.86 bits per heavy atom. The minimum Gasteiger partial charge on any atom is -0.487 e. The van der Waals surface area contributed by atoms with Gasteiger partial charge in [0, 0.05) is 28.9 Å². The molecule has 3 amide bonds. The van der Waals surface area contributed by atoms with E-state index >= 15 is 0 Å². The van der Waals surface area contributed by atoms with Crippen molar-refractivity contribution < 1.29 is 14.3 Å². The lowest BCUT2D eigenvalue weighted by molar-refractivity contribution is 0.102. The summed E-state index contributed by atoms with van der Waals surface area (Å²) >= 11 is 1.51. The molecular formula is C21H20N4O3S. The number of carbonyl (C=O) groups is 2. The summed E-state index contributed by atoms with van der Waals surface area (Å²) in [5.41, 5.74) is 4.29. The number of ether oxygens (including phenoxy) is 1. The van der Waals surface area contributed by atoms with Gasteiger partial charge in [0.05, 0.1) is 11.2 Å². The van der Waals surface area contributed by atoms with Crippen LogP contribution in [0.25, 0.3) is 0 Å². The normalized spacial score (nSPS) is 10.1. The number of anilines is 2. The molecule has 0 unspecified atom stereocenters. The maximum Gasteiger partial charge on any atom is 0.319 e. The molecule has 7 nitrogen and oxygen atoms in total. The van der Waals surface area contributed by atoms with Crippen LogP contribution < -0.4 is 20.7 Å². The molecule has 0 bridgehead atoms. The van der Waals surface area contributed by atoms with E-state index in [9.17, 15) is 9.59 Å². The topological polar surface area (TPSA) is 92.4 Å². The average molecular weight is 408 g/mol. The lowest BCUT2D eigenvalue weighted by Crippen LogP contribution is -2.28. The summed E-state index contributed by atoms with van der Waals surface area (Å²) in [7, 11) is 0. The van der Waals surface area contributed by atoms with Crippen molar-refractivity contribution >= 4 is 34.6 Å². The van der Waals surface area contributed by atoms with Gasteiger partial charge in [0.25, 0.3) is 5.91 Å². The van der Waals surface area contributed by atoms with E-state index in [4.69, 9.17) is 4.74 Å². The van der Waals surface area contributed by atoms with Gasteiger partial charge in [-0.25, -0.2) is 9.78 Å². The number of urea groups is 1. The van der Waals surface area contributed by atoms with Crippen LogP contribution in [0.5, 0.6) is 5.75 Å². The molecule has 0 saturated carbocycles. The Hall–Kier alpha value is -3.65. The van der Waals surface area contributed by atoms with Gasteiger partial charge in [0.15, 0.2) is 0 Å². The van der Waals surface area contributed by atoms with Crippen LogP contribution in [0.1, 0.15) is 16.1 Å². The number of nitrogens with zero attached hydrogens (tertiary/aromatic N) is 1. The molecule has 29 heavy (non-hydrogen) atoms. The minimum absolute atomic E-state index is 0.256. The highest BCUT2D eigenvalue weighted by Gasteiger charge is 2.08. The van der Waals surface area contributed by atoms with Crippen LogP contribution >= 0.6 is 11.3 Å². The summed E-state index contributed by atoms with van der Waals surface area (Å²) in [5.74, 6) is 0.337. The average Bonchev–Trinajstić information content (AvgIpc) is 3.26. The Morgan fingerprint density at radius 1 is 1.10 bits per heavy atom. The van der Waals surface area contributed by atoms with Crippen LogP contribution in [0, 0.1) is 0 Å². The first-order chi connectivity index (χ1) is 14.1.